The third kappa shape index (κ3) is 2.17. The molecule has 1 saturated heterocycles. The number of fused-ring (bicyclic) bond motifs is 1. The molecule has 2 unspecified atom stereocenters. The van der Waals surface area contributed by atoms with Gasteiger partial charge in [0.15, 0.2) is 5.03 Å². The molecule has 2 atom stereocenters. The lowest BCUT2D eigenvalue weighted by Crippen LogP contribution is -2.54. The summed E-state index contributed by atoms with van der Waals surface area (Å²) in [5.74, 6) is 0.0630. The van der Waals surface area contributed by atoms with E-state index < -0.39 is 15.6 Å². The second kappa shape index (κ2) is 4.82. The molecule has 3 rings (SSSR count). The van der Waals surface area contributed by atoms with Crippen molar-refractivity contribution in [3.8, 4) is 0 Å². The fourth-order valence-corrected chi connectivity index (χ4v) is 5.09. The van der Waals surface area contributed by atoms with Gasteiger partial charge in [0, 0.05) is 26.1 Å². The molecule has 0 spiro atoms. The van der Waals surface area contributed by atoms with Crippen molar-refractivity contribution in [3.63, 3.8) is 0 Å². The van der Waals surface area contributed by atoms with Gasteiger partial charge in [-0.2, -0.15) is 9.40 Å². The van der Waals surface area contributed by atoms with E-state index in [0.29, 0.717) is 19.5 Å². The van der Waals surface area contributed by atoms with Gasteiger partial charge in [0.25, 0.3) is 10.0 Å². The number of piperidine rings is 1. The quantitative estimate of drug-likeness (QED) is 0.874. The maximum Gasteiger partial charge on any atom is 0.260 e. The second-order valence-electron chi connectivity index (χ2n) is 5.95. The van der Waals surface area contributed by atoms with Crippen LogP contribution >= 0.6 is 0 Å². The Morgan fingerprint density at radius 1 is 1.40 bits per heavy atom. The number of nitrogens with zero attached hydrogens (tertiary/aromatic N) is 3. The number of sulfonamides is 1. The molecule has 2 fully saturated rings. The van der Waals surface area contributed by atoms with E-state index in [-0.39, 0.29) is 10.9 Å². The first-order valence-electron chi connectivity index (χ1n) is 7.14. The highest BCUT2D eigenvalue weighted by molar-refractivity contribution is 7.89. The van der Waals surface area contributed by atoms with Crippen LogP contribution in [0.25, 0.3) is 0 Å². The number of aromatic nitrogens is 2. The van der Waals surface area contributed by atoms with Gasteiger partial charge in [-0.05, 0) is 25.3 Å². The van der Waals surface area contributed by atoms with Crippen LogP contribution in [0.2, 0.25) is 0 Å². The first-order chi connectivity index (χ1) is 9.43. The van der Waals surface area contributed by atoms with E-state index in [2.05, 4.69) is 5.10 Å². The number of aliphatic hydroxyl groups is 1. The molecule has 0 amide bonds. The van der Waals surface area contributed by atoms with Gasteiger partial charge >= 0.3 is 0 Å². The smallest absolute Gasteiger partial charge is 0.260 e. The zero-order valence-electron chi connectivity index (χ0n) is 11.7. The van der Waals surface area contributed by atoms with Gasteiger partial charge < -0.3 is 5.11 Å². The molecule has 20 heavy (non-hydrogen) atoms. The minimum Gasteiger partial charge on any atom is -0.390 e. The Kier molecular flexibility index (Phi) is 3.38. The molecule has 0 radical (unpaired) electrons. The Labute approximate surface area is 119 Å². The predicted octanol–water partition coefficient (Wildman–Crippen LogP) is 0.736. The van der Waals surface area contributed by atoms with Gasteiger partial charge in [-0.25, -0.2) is 8.42 Å². The van der Waals surface area contributed by atoms with Gasteiger partial charge in [-0.15, -0.1) is 0 Å². The molecule has 112 valence electrons. The highest BCUT2D eigenvalue weighted by atomic mass is 32.2. The second-order valence-corrected chi connectivity index (χ2v) is 7.84. The zero-order valence-corrected chi connectivity index (χ0v) is 12.5. The van der Waals surface area contributed by atoms with Crippen molar-refractivity contribution >= 4 is 10.0 Å². The third-order valence-electron chi connectivity index (χ3n) is 4.77. The summed E-state index contributed by atoms with van der Waals surface area (Å²) in [6.45, 7) is 0.810. The van der Waals surface area contributed by atoms with Crippen LogP contribution in [0.5, 0.6) is 0 Å². The lowest BCUT2D eigenvalue weighted by atomic mass is 9.72. The molecule has 2 aliphatic rings. The van der Waals surface area contributed by atoms with E-state index in [1.165, 1.54) is 21.3 Å². The van der Waals surface area contributed by atoms with E-state index in [9.17, 15) is 13.5 Å². The predicted molar refractivity (Wildman–Crippen MR) is 73.5 cm³/mol. The van der Waals surface area contributed by atoms with E-state index in [1.54, 1.807) is 7.05 Å². The first-order valence-corrected chi connectivity index (χ1v) is 8.58. The van der Waals surface area contributed by atoms with Crippen molar-refractivity contribution in [2.75, 3.05) is 13.1 Å². The molecule has 0 bridgehead atoms. The summed E-state index contributed by atoms with van der Waals surface area (Å²) in [5.41, 5.74) is -0.656. The van der Waals surface area contributed by atoms with E-state index in [4.69, 9.17) is 0 Å². The summed E-state index contributed by atoms with van der Waals surface area (Å²) in [6.07, 6.45) is 5.86. The number of aryl methyl sites for hydroxylation is 1. The van der Waals surface area contributed by atoms with Crippen molar-refractivity contribution < 1.29 is 13.5 Å². The molecule has 1 aliphatic heterocycles. The van der Waals surface area contributed by atoms with Crippen LogP contribution in [0, 0.1) is 5.92 Å². The Bertz CT molecular complexity index is 598. The average molecular weight is 299 g/mol. The van der Waals surface area contributed by atoms with Gasteiger partial charge in [0.1, 0.15) is 0 Å². The van der Waals surface area contributed by atoms with Gasteiger partial charge in [-0.1, -0.05) is 12.8 Å². The molecule has 1 aromatic rings. The van der Waals surface area contributed by atoms with Gasteiger partial charge in [0.2, 0.25) is 0 Å². The molecule has 1 saturated carbocycles. The van der Waals surface area contributed by atoms with E-state index >= 15 is 0 Å². The highest BCUT2D eigenvalue weighted by Crippen LogP contribution is 2.40. The average Bonchev–Trinajstić information content (AvgIpc) is 2.84. The Morgan fingerprint density at radius 3 is 2.90 bits per heavy atom. The van der Waals surface area contributed by atoms with Crippen molar-refractivity contribution in [3.05, 3.63) is 12.3 Å². The number of rotatable bonds is 2. The Balaban J connectivity index is 1.84. The van der Waals surface area contributed by atoms with Crippen LogP contribution in [0.3, 0.4) is 0 Å². The monoisotopic (exact) mass is 299 g/mol. The summed E-state index contributed by atoms with van der Waals surface area (Å²) >= 11 is 0. The fraction of sp³-hybridized carbons (Fsp3) is 0.769. The lowest BCUT2D eigenvalue weighted by Gasteiger charge is -2.46. The molecule has 2 heterocycles. The summed E-state index contributed by atoms with van der Waals surface area (Å²) in [6, 6.07) is 1.52. The van der Waals surface area contributed by atoms with E-state index in [1.807, 2.05) is 0 Å². The molecule has 7 heteroatoms. The molecular formula is C13H21N3O3S. The highest BCUT2D eigenvalue weighted by Gasteiger charge is 2.45. The topological polar surface area (TPSA) is 75.4 Å². The fourth-order valence-electron chi connectivity index (χ4n) is 3.51. The summed E-state index contributed by atoms with van der Waals surface area (Å²) in [7, 11) is -1.87. The van der Waals surface area contributed by atoms with Crippen molar-refractivity contribution in [2.24, 2.45) is 13.0 Å². The SMILES string of the molecule is Cn1nccc1S(=O)(=O)N1CCC2(O)CCCCC2C1. The molecule has 0 aromatic carbocycles. The van der Waals surface area contributed by atoms with Crippen molar-refractivity contribution in [1.82, 2.24) is 14.1 Å². The van der Waals surface area contributed by atoms with E-state index in [0.717, 1.165) is 25.7 Å². The molecular weight excluding hydrogens is 278 g/mol. The standard InChI is InChI=1S/C13H21N3O3S/c1-15-12(5-8-14-15)20(18,19)16-9-7-13(17)6-3-2-4-11(13)10-16/h5,8,11,17H,2-4,6-7,9-10H2,1H3. The van der Waals surface area contributed by atoms with Crippen LogP contribution in [-0.2, 0) is 17.1 Å². The van der Waals surface area contributed by atoms with Crippen LogP contribution in [-0.4, -0.2) is 46.3 Å². The van der Waals surface area contributed by atoms with Gasteiger partial charge in [-0.3, -0.25) is 4.68 Å². The largest absolute Gasteiger partial charge is 0.390 e. The Hall–Kier alpha value is -0.920. The molecule has 1 N–H and O–H groups in total. The summed E-state index contributed by atoms with van der Waals surface area (Å²) < 4.78 is 28.2. The first kappa shape index (κ1) is 14.0. The molecule has 6 nitrogen and oxygen atoms in total. The van der Waals surface area contributed by atoms with Crippen LogP contribution < -0.4 is 0 Å². The van der Waals surface area contributed by atoms with Gasteiger partial charge in [0.05, 0.1) is 11.8 Å². The molecule has 1 aromatic heterocycles. The summed E-state index contributed by atoms with van der Waals surface area (Å²) in [5, 5.41) is 14.8. The summed E-state index contributed by atoms with van der Waals surface area (Å²) in [4.78, 5) is 0. The maximum absolute atomic E-state index is 12.6. The minimum absolute atomic E-state index is 0.0630. The normalized spacial score (nSPS) is 32.0. The number of hydrogen-bond acceptors (Lipinski definition) is 4. The van der Waals surface area contributed by atoms with Crippen LogP contribution in [0.1, 0.15) is 32.1 Å². The van der Waals surface area contributed by atoms with Crippen LogP contribution in [0.15, 0.2) is 17.3 Å². The van der Waals surface area contributed by atoms with Crippen molar-refractivity contribution in [2.45, 2.75) is 42.7 Å². The third-order valence-corrected chi connectivity index (χ3v) is 6.71. The lowest BCUT2D eigenvalue weighted by molar-refractivity contribution is -0.0817. The minimum atomic E-state index is -3.50. The maximum atomic E-state index is 12.6. The van der Waals surface area contributed by atoms with Crippen LogP contribution in [0.4, 0.5) is 0 Å². The van der Waals surface area contributed by atoms with Crippen molar-refractivity contribution in [1.29, 1.82) is 0 Å². The number of hydrogen-bond donors (Lipinski definition) is 1. The Morgan fingerprint density at radius 2 is 2.20 bits per heavy atom. The zero-order chi connectivity index (χ0) is 14.4. The molecule has 1 aliphatic carbocycles.